The largest absolute Gasteiger partial charge is 0.355 e. The van der Waals surface area contributed by atoms with Gasteiger partial charge in [-0.05, 0) is 36.8 Å². The Morgan fingerprint density at radius 2 is 1.60 bits per heavy atom. The summed E-state index contributed by atoms with van der Waals surface area (Å²) < 4.78 is 0. The molecule has 20 heavy (non-hydrogen) atoms. The summed E-state index contributed by atoms with van der Waals surface area (Å²) in [5.41, 5.74) is 2.64. The van der Waals surface area contributed by atoms with E-state index in [2.05, 4.69) is 10.6 Å². The monoisotopic (exact) mass is 268 g/mol. The molecular weight excluding hydrogens is 252 g/mol. The average molecular weight is 268 g/mol. The first-order valence-corrected chi connectivity index (χ1v) is 6.31. The smallest absolute Gasteiger partial charge is 0.255 e. The first-order chi connectivity index (χ1) is 9.61. The number of nitrogens with one attached hydrogen (secondary N) is 2. The molecule has 2 N–H and O–H groups in total. The van der Waals surface area contributed by atoms with Crippen LogP contribution in [-0.4, -0.2) is 18.9 Å². The maximum Gasteiger partial charge on any atom is 0.255 e. The van der Waals surface area contributed by atoms with Gasteiger partial charge in [0.05, 0.1) is 0 Å². The Morgan fingerprint density at radius 1 is 0.900 bits per heavy atom. The first kappa shape index (κ1) is 13.8. The third-order valence-corrected chi connectivity index (χ3v) is 3.01. The Balaban J connectivity index is 2.25. The van der Waals surface area contributed by atoms with Gasteiger partial charge in [-0.1, -0.05) is 24.3 Å². The summed E-state index contributed by atoms with van der Waals surface area (Å²) in [7, 11) is 1.57. The maximum absolute atomic E-state index is 12.1. The van der Waals surface area contributed by atoms with E-state index in [1.807, 2.05) is 31.2 Å². The molecule has 0 heterocycles. The fourth-order valence-corrected chi connectivity index (χ4v) is 1.83. The predicted octanol–water partition coefficient (Wildman–Crippen LogP) is 2.61. The van der Waals surface area contributed by atoms with Gasteiger partial charge < -0.3 is 10.6 Å². The van der Waals surface area contributed by atoms with Gasteiger partial charge in [-0.25, -0.2) is 0 Å². The second-order valence-corrected chi connectivity index (χ2v) is 4.43. The molecule has 0 saturated carbocycles. The topological polar surface area (TPSA) is 58.2 Å². The lowest BCUT2D eigenvalue weighted by Gasteiger charge is -2.10. The van der Waals surface area contributed by atoms with Crippen LogP contribution in [0.3, 0.4) is 0 Å². The van der Waals surface area contributed by atoms with E-state index in [0.29, 0.717) is 16.8 Å². The number of anilines is 1. The lowest BCUT2D eigenvalue weighted by Crippen LogP contribution is -2.19. The maximum atomic E-state index is 12.1. The van der Waals surface area contributed by atoms with Gasteiger partial charge in [0.2, 0.25) is 0 Å². The Morgan fingerprint density at radius 3 is 2.25 bits per heavy atom. The Bertz CT molecular complexity index is 636. The van der Waals surface area contributed by atoms with Gasteiger partial charge in [0.1, 0.15) is 0 Å². The fraction of sp³-hybridized carbons (Fsp3) is 0.125. The van der Waals surface area contributed by atoms with Crippen LogP contribution in [-0.2, 0) is 0 Å². The molecule has 0 aromatic heterocycles. The molecule has 4 heteroatoms. The van der Waals surface area contributed by atoms with Gasteiger partial charge >= 0.3 is 0 Å². The van der Waals surface area contributed by atoms with Crippen molar-refractivity contribution < 1.29 is 9.59 Å². The van der Waals surface area contributed by atoms with E-state index >= 15 is 0 Å². The Hall–Kier alpha value is -2.62. The minimum Gasteiger partial charge on any atom is -0.355 e. The zero-order valence-electron chi connectivity index (χ0n) is 11.4. The van der Waals surface area contributed by atoms with Gasteiger partial charge in [0.15, 0.2) is 0 Å². The predicted molar refractivity (Wildman–Crippen MR) is 79.0 cm³/mol. The molecule has 0 aliphatic rings. The highest BCUT2D eigenvalue weighted by molar-refractivity contribution is 6.05. The molecule has 102 valence electrons. The second kappa shape index (κ2) is 6.02. The highest BCUT2D eigenvalue weighted by atomic mass is 16.2. The lowest BCUT2D eigenvalue weighted by atomic mass is 10.1. The molecule has 2 rings (SSSR count). The third-order valence-electron chi connectivity index (χ3n) is 3.01. The van der Waals surface area contributed by atoms with Crippen molar-refractivity contribution in [3.8, 4) is 0 Å². The van der Waals surface area contributed by atoms with E-state index in [4.69, 9.17) is 0 Å². The standard InChI is InChI=1S/C16H16N2O2/c1-11-8-9-13(15(19)17-2)10-14(11)18-16(20)12-6-4-3-5-7-12/h3-10H,1-2H3,(H,17,19)(H,18,20). The Kier molecular flexibility index (Phi) is 4.15. The van der Waals surface area contributed by atoms with Crippen molar-refractivity contribution in [1.29, 1.82) is 0 Å². The molecular formula is C16H16N2O2. The second-order valence-electron chi connectivity index (χ2n) is 4.43. The molecule has 0 aliphatic heterocycles. The molecule has 0 fully saturated rings. The molecule has 0 radical (unpaired) electrons. The highest BCUT2D eigenvalue weighted by Gasteiger charge is 2.10. The molecule has 2 aromatic carbocycles. The number of rotatable bonds is 3. The van der Waals surface area contributed by atoms with Crippen LogP contribution in [0.5, 0.6) is 0 Å². The number of carbonyl (C=O) groups is 2. The van der Waals surface area contributed by atoms with Crippen LogP contribution in [0.25, 0.3) is 0 Å². The molecule has 0 unspecified atom stereocenters. The van der Waals surface area contributed by atoms with E-state index < -0.39 is 0 Å². The quantitative estimate of drug-likeness (QED) is 0.899. The van der Waals surface area contributed by atoms with Gasteiger partial charge in [0, 0.05) is 23.9 Å². The van der Waals surface area contributed by atoms with E-state index in [9.17, 15) is 9.59 Å². The van der Waals surface area contributed by atoms with Crippen LogP contribution in [0, 0.1) is 6.92 Å². The average Bonchev–Trinajstić information content (AvgIpc) is 2.49. The van der Waals surface area contributed by atoms with Crippen molar-refractivity contribution >= 4 is 17.5 Å². The normalized spacial score (nSPS) is 9.90. The van der Waals surface area contributed by atoms with Crippen molar-refractivity contribution in [1.82, 2.24) is 5.32 Å². The van der Waals surface area contributed by atoms with Gasteiger partial charge in [-0.2, -0.15) is 0 Å². The first-order valence-electron chi connectivity index (χ1n) is 6.31. The summed E-state index contributed by atoms with van der Waals surface area (Å²) in [4.78, 5) is 23.7. The van der Waals surface area contributed by atoms with Crippen LogP contribution >= 0.6 is 0 Å². The van der Waals surface area contributed by atoms with Crippen LogP contribution in [0.2, 0.25) is 0 Å². The number of aryl methyl sites for hydroxylation is 1. The third kappa shape index (κ3) is 3.03. The zero-order chi connectivity index (χ0) is 14.5. The van der Waals surface area contributed by atoms with Gasteiger partial charge in [-0.3, -0.25) is 9.59 Å². The minimum absolute atomic E-state index is 0.180. The number of carbonyl (C=O) groups excluding carboxylic acids is 2. The van der Waals surface area contributed by atoms with Crippen molar-refractivity contribution in [3.05, 3.63) is 65.2 Å². The van der Waals surface area contributed by atoms with E-state index in [0.717, 1.165) is 5.56 Å². The molecule has 2 amide bonds. The summed E-state index contributed by atoms with van der Waals surface area (Å²) in [5, 5.41) is 5.39. The number of hydrogen-bond acceptors (Lipinski definition) is 2. The van der Waals surface area contributed by atoms with Crippen molar-refractivity contribution in [3.63, 3.8) is 0 Å². The zero-order valence-corrected chi connectivity index (χ0v) is 11.4. The molecule has 0 aliphatic carbocycles. The minimum atomic E-state index is -0.192. The molecule has 0 bridgehead atoms. The molecule has 0 atom stereocenters. The van der Waals surface area contributed by atoms with E-state index in [1.165, 1.54) is 0 Å². The van der Waals surface area contributed by atoms with Crippen molar-refractivity contribution in [2.45, 2.75) is 6.92 Å². The van der Waals surface area contributed by atoms with Gasteiger partial charge in [-0.15, -0.1) is 0 Å². The highest BCUT2D eigenvalue weighted by Crippen LogP contribution is 2.18. The number of hydrogen-bond donors (Lipinski definition) is 2. The summed E-state index contributed by atoms with van der Waals surface area (Å²) in [6, 6.07) is 14.2. The van der Waals surface area contributed by atoms with E-state index in [1.54, 1.807) is 31.3 Å². The SMILES string of the molecule is CNC(=O)c1ccc(C)c(NC(=O)c2ccccc2)c1. The van der Waals surface area contributed by atoms with Crippen LogP contribution in [0.1, 0.15) is 26.3 Å². The summed E-state index contributed by atoms with van der Waals surface area (Å²) >= 11 is 0. The van der Waals surface area contributed by atoms with Crippen molar-refractivity contribution in [2.75, 3.05) is 12.4 Å². The molecule has 2 aromatic rings. The summed E-state index contributed by atoms with van der Waals surface area (Å²) in [6.07, 6.45) is 0. The van der Waals surface area contributed by atoms with Crippen LogP contribution in [0.4, 0.5) is 5.69 Å². The summed E-state index contributed by atoms with van der Waals surface area (Å²) in [5.74, 6) is -0.372. The lowest BCUT2D eigenvalue weighted by molar-refractivity contribution is 0.0961. The number of benzene rings is 2. The van der Waals surface area contributed by atoms with E-state index in [-0.39, 0.29) is 11.8 Å². The molecule has 0 spiro atoms. The van der Waals surface area contributed by atoms with Crippen molar-refractivity contribution in [2.24, 2.45) is 0 Å². The fourth-order valence-electron chi connectivity index (χ4n) is 1.83. The van der Waals surface area contributed by atoms with Gasteiger partial charge in [0.25, 0.3) is 11.8 Å². The van der Waals surface area contributed by atoms with Crippen LogP contribution < -0.4 is 10.6 Å². The molecule has 4 nitrogen and oxygen atoms in total. The number of amides is 2. The Labute approximate surface area is 117 Å². The molecule has 0 saturated heterocycles. The summed E-state index contributed by atoms with van der Waals surface area (Å²) in [6.45, 7) is 1.88. The van der Waals surface area contributed by atoms with Crippen LogP contribution in [0.15, 0.2) is 48.5 Å².